The largest absolute Gasteiger partial charge is 0.391 e. The maximum absolute atomic E-state index is 13.8. The first-order chi connectivity index (χ1) is 11.1. The third-order valence-corrected chi connectivity index (χ3v) is 4.88. The molecule has 0 saturated carbocycles. The number of aliphatic hydroxyl groups excluding tert-OH is 1. The van der Waals surface area contributed by atoms with Crippen LogP contribution in [0.5, 0.6) is 0 Å². The molecule has 0 aromatic heterocycles. The highest BCUT2D eigenvalue weighted by atomic mass is 19.1. The first-order valence-corrected chi connectivity index (χ1v) is 7.98. The SMILES string of the molecule is CNCC(O)C(c1cccc(F)c1)C1(C)CNc2ccccc21. The number of halogens is 1. The summed E-state index contributed by atoms with van der Waals surface area (Å²) in [6.07, 6.45) is -0.611. The second kappa shape index (κ2) is 6.30. The summed E-state index contributed by atoms with van der Waals surface area (Å²) in [6.45, 7) is 3.31. The molecule has 3 nitrogen and oxygen atoms in total. The van der Waals surface area contributed by atoms with Gasteiger partial charge >= 0.3 is 0 Å². The van der Waals surface area contributed by atoms with E-state index in [0.29, 0.717) is 13.1 Å². The molecule has 1 heterocycles. The molecule has 0 saturated heterocycles. The van der Waals surface area contributed by atoms with Crippen LogP contribution in [0.4, 0.5) is 10.1 Å². The van der Waals surface area contributed by atoms with Gasteiger partial charge in [-0.2, -0.15) is 0 Å². The molecule has 0 radical (unpaired) electrons. The smallest absolute Gasteiger partial charge is 0.123 e. The second-order valence-electron chi connectivity index (χ2n) is 6.47. The van der Waals surface area contributed by atoms with Crippen LogP contribution in [0, 0.1) is 5.82 Å². The highest BCUT2D eigenvalue weighted by molar-refractivity contribution is 5.61. The average molecular weight is 314 g/mol. The van der Waals surface area contributed by atoms with Gasteiger partial charge in [0.05, 0.1) is 6.10 Å². The number of likely N-dealkylation sites (N-methyl/N-ethyl adjacent to an activating group) is 1. The predicted molar refractivity (Wildman–Crippen MR) is 91.4 cm³/mol. The highest BCUT2D eigenvalue weighted by Gasteiger charge is 2.45. The zero-order valence-electron chi connectivity index (χ0n) is 13.5. The Morgan fingerprint density at radius 2 is 2.04 bits per heavy atom. The van der Waals surface area contributed by atoms with Crippen molar-refractivity contribution in [1.82, 2.24) is 5.32 Å². The lowest BCUT2D eigenvalue weighted by atomic mass is 9.67. The van der Waals surface area contributed by atoms with Crippen molar-refractivity contribution in [3.05, 3.63) is 65.5 Å². The Bertz CT molecular complexity index is 691. The van der Waals surface area contributed by atoms with Crippen molar-refractivity contribution in [3.63, 3.8) is 0 Å². The van der Waals surface area contributed by atoms with Crippen LogP contribution < -0.4 is 10.6 Å². The van der Waals surface area contributed by atoms with Gasteiger partial charge in [0, 0.05) is 30.1 Å². The third kappa shape index (κ3) is 2.84. The molecule has 0 spiro atoms. The number of hydrogen-bond acceptors (Lipinski definition) is 3. The Balaban J connectivity index is 2.09. The minimum absolute atomic E-state index is 0.207. The molecule has 1 aliphatic rings. The molecule has 3 rings (SSSR count). The Morgan fingerprint density at radius 1 is 1.26 bits per heavy atom. The first-order valence-electron chi connectivity index (χ1n) is 7.98. The van der Waals surface area contributed by atoms with E-state index < -0.39 is 6.10 Å². The predicted octanol–water partition coefficient (Wildman–Crippen LogP) is 2.87. The van der Waals surface area contributed by atoms with Crippen LogP contribution in [0.3, 0.4) is 0 Å². The van der Waals surface area contributed by atoms with Gasteiger partial charge in [0.15, 0.2) is 0 Å². The molecule has 0 bridgehead atoms. The molecule has 122 valence electrons. The summed E-state index contributed by atoms with van der Waals surface area (Å²) < 4.78 is 13.8. The van der Waals surface area contributed by atoms with Crippen molar-refractivity contribution in [3.8, 4) is 0 Å². The molecule has 2 aromatic rings. The highest BCUT2D eigenvalue weighted by Crippen LogP contribution is 2.47. The van der Waals surface area contributed by atoms with Crippen molar-refractivity contribution in [2.24, 2.45) is 0 Å². The van der Waals surface area contributed by atoms with Gasteiger partial charge in [0.25, 0.3) is 0 Å². The fraction of sp³-hybridized carbons (Fsp3) is 0.368. The Labute approximate surface area is 136 Å². The maximum Gasteiger partial charge on any atom is 0.123 e. The van der Waals surface area contributed by atoms with Crippen molar-refractivity contribution < 1.29 is 9.50 Å². The van der Waals surface area contributed by atoms with Gasteiger partial charge < -0.3 is 15.7 Å². The number of anilines is 1. The van der Waals surface area contributed by atoms with Gasteiger partial charge in [-0.1, -0.05) is 37.3 Å². The van der Waals surface area contributed by atoms with E-state index in [4.69, 9.17) is 0 Å². The first kappa shape index (κ1) is 16.0. The van der Waals surface area contributed by atoms with E-state index in [9.17, 15) is 9.50 Å². The minimum Gasteiger partial charge on any atom is -0.391 e. The lowest BCUT2D eigenvalue weighted by Gasteiger charge is -2.38. The number of benzene rings is 2. The van der Waals surface area contributed by atoms with Crippen LogP contribution in [-0.4, -0.2) is 31.3 Å². The molecule has 0 aliphatic carbocycles. The lowest BCUT2D eigenvalue weighted by Crippen LogP contribution is -2.43. The fourth-order valence-corrected chi connectivity index (χ4v) is 3.83. The monoisotopic (exact) mass is 314 g/mol. The molecule has 23 heavy (non-hydrogen) atoms. The Hall–Kier alpha value is -1.91. The molecular formula is C19H23FN2O. The van der Waals surface area contributed by atoms with E-state index in [2.05, 4.69) is 23.6 Å². The van der Waals surface area contributed by atoms with Gasteiger partial charge in [-0.05, 0) is 36.4 Å². The van der Waals surface area contributed by atoms with Gasteiger partial charge in [-0.25, -0.2) is 4.39 Å². The number of para-hydroxylation sites is 1. The standard InChI is InChI=1S/C19H23FN2O/c1-19(12-22-16-9-4-3-8-15(16)19)18(17(23)11-21-2)13-6-5-7-14(20)10-13/h3-10,17-18,21-23H,11-12H2,1-2H3. The molecule has 0 amide bonds. The lowest BCUT2D eigenvalue weighted by molar-refractivity contribution is 0.110. The number of hydrogen-bond donors (Lipinski definition) is 3. The van der Waals surface area contributed by atoms with Crippen molar-refractivity contribution in [1.29, 1.82) is 0 Å². The summed E-state index contributed by atoms with van der Waals surface area (Å²) in [5.74, 6) is -0.478. The summed E-state index contributed by atoms with van der Waals surface area (Å²) in [7, 11) is 1.81. The molecule has 4 heteroatoms. The summed E-state index contributed by atoms with van der Waals surface area (Å²) in [5, 5.41) is 17.3. The maximum atomic E-state index is 13.8. The molecule has 3 unspecified atom stereocenters. The summed E-state index contributed by atoms with van der Waals surface area (Å²) in [4.78, 5) is 0. The zero-order chi connectivity index (χ0) is 16.4. The Kier molecular flexibility index (Phi) is 4.37. The molecular weight excluding hydrogens is 291 g/mol. The quantitative estimate of drug-likeness (QED) is 0.795. The molecule has 3 N–H and O–H groups in total. The minimum atomic E-state index is -0.611. The van der Waals surface area contributed by atoms with E-state index in [0.717, 1.165) is 11.3 Å². The second-order valence-corrected chi connectivity index (χ2v) is 6.47. The van der Waals surface area contributed by atoms with E-state index >= 15 is 0 Å². The van der Waals surface area contributed by atoms with Gasteiger partial charge in [0.2, 0.25) is 0 Å². The van der Waals surface area contributed by atoms with E-state index in [1.807, 2.05) is 31.3 Å². The zero-order valence-corrected chi connectivity index (χ0v) is 13.5. The van der Waals surface area contributed by atoms with E-state index in [-0.39, 0.29) is 17.2 Å². The fourth-order valence-electron chi connectivity index (χ4n) is 3.83. The molecule has 0 fully saturated rings. The van der Waals surface area contributed by atoms with Gasteiger partial charge in [-0.15, -0.1) is 0 Å². The van der Waals surface area contributed by atoms with Crippen LogP contribution in [0.25, 0.3) is 0 Å². The average Bonchev–Trinajstić information content (AvgIpc) is 2.86. The van der Waals surface area contributed by atoms with Crippen molar-refractivity contribution in [2.45, 2.75) is 24.4 Å². The number of fused-ring (bicyclic) bond motifs is 1. The van der Waals surface area contributed by atoms with E-state index in [1.54, 1.807) is 6.07 Å². The summed E-state index contributed by atoms with van der Waals surface area (Å²) >= 11 is 0. The summed E-state index contributed by atoms with van der Waals surface area (Å²) in [6, 6.07) is 14.7. The Morgan fingerprint density at radius 3 is 2.78 bits per heavy atom. The van der Waals surface area contributed by atoms with Crippen LogP contribution in [0.2, 0.25) is 0 Å². The summed E-state index contributed by atoms with van der Waals surface area (Å²) in [5.41, 5.74) is 2.78. The van der Waals surface area contributed by atoms with Crippen LogP contribution in [-0.2, 0) is 5.41 Å². The number of aliphatic hydroxyl groups is 1. The van der Waals surface area contributed by atoms with Crippen LogP contribution in [0.15, 0.2) is 48.5 Å². The van der Waals surface area contributed by atoms with Gasteiger partial charge in [0.1, 0.15) is 5.82 Å². The van der Waals surface area contributed by atoms with Crippen LogP contribution in [0.1, 0.15) is 24.0 Å². The molecule has 2 aromatic carbocycles. The van der Waals surface area contributed by atoms with Crippen molar-refractivity contribution >= 4 is 5.69 Å². The third-order valence-electron chi connectivity index (χ3n) is 4.88. The number of nitrogens with one attached hydrogen (secondary N) is 2. The van der Waals surface area contributed by atoms with Crippen molar-refractivity contribution in [2.75, 3.05) is 25.5 Å². The van der Waals surface area contributed by atoms with Crippen LogP contribution >= 0.6 is 0 Å². The normalized spacial score (nSPS) is 22.3. The van der Waals surface area contributed by atoms with E-state index in [1.165, 1.54) is 17.7 Å². The molecule has 1 aliphatic heterocycles. The number of rotatable bonds is 5. The topological polar surface area (TPSA) is 44.3 Å². The molecule has 3 atom stereocenters. The van der Waals surface area contributed by atoms with Gasteiger partial charge in [-0.3, -0.25) is 0 Å².